The molecule has 4 bridgehead atoms. The summed E-state index contributed by atoms with van der Waals surface area (Å²) >= 11 is 0. The third-order valence-corrected chi connectivity index (χ3v) is 10.3. The third kappa shape index (κ3) is 1.51. The summed E-state index contributed by atoms with van der Waals surface area (Å²) < 4.78 is 19.2. The lowest BCUT2D eigenvalue weighted by molar-refractivity contribution is -0.266. The Morgan fingerprint density at radius 2 is 2.07 bits per heavy atom. The number of rotatable bonds is 2. The van der Waals surface area contributed by atoms with Crippen molar-refractivity contribution in [1.29, 1.82) is 0 Å². The van der Waals surface area contributed by atoms with E-state index < -0.39 is 5.60 Å². The molecule has 5 aliphatic carbocycles. The summed E-state index contributed by atoms with van der Waals surface area (Å²) in [6.07, 6.45) is 10.3. The zero-order valence-corrected chi connectivity index (χ0v) is 18.1. The Kier molecular flexibility index (Phi) is 3.16. The second kappa shape index (κ2) is 5.25. The first-order valence-corrected chi connectivity index (χ1v) is 11.5. The average molecular weight is 410 g/mol. The molecule has 2 aliphatic heterocycles. The molecule has 2 saturated carbocycles. The molecule has 8 rings (SSSR count). The summed E-state index contributed by atoms with van der Waals surface area (Å²) in [4.78, 5) is 2.57. The minimum absolute atomic E-state index is 0.0408. The van der Waals surface area contributed by atoms with Crippen LogP contribution >= 0.6 is 0 Å². The van der Waals surface area contributed by atoms with E-state index in [2.05, 4.69) is 36.2 Å². The highest BCUT2D eigenvalue weighted by Crippen LogP contribution is 2.78. The molecule has 5 heteroatoms. The first-order chi connectivity index (χ1) is 14.5. The molecule has 30 heavy (non-hydrogen) atoms. The second-order valence-electron chi connectivity index (χ2n) is 10.7. The number of ether oxygens (including phenoxy) is 3. The van der Waals surface area contributed by atoms with Crippen LogP contribution in [0.4, 0.5) is 0 Å². The Balaban J connectivity index is 1.59. The summed E-state index contributed by atoms with van der Waals surface area (Å²) in [6.45, 7) is 1.06. The molecule has 1 aromatic carbocycles. The average Bonchev–Trinajstić information content (AvgIpc) is 3.30. The minimum atomic E-state index is -0.607. The van der Waals surface area contributed by atoms with Gasteiger partial charge >= 0.3 is 0 Å². The van der Waals surface area contributed by atoms with Crippen molar-refractivity contribution in [2.24, 2.45) is 10.8 Å². The summed E-state index contributed by atoms with van der Waals surface area (Å²) in [7, 11) is 5.84. The Morgan fingerprint density at radius 1 is 1.20 bits per heavy atom. The van der Waals surface area contributed by atoms with Gasteiger partial charge in [-0.15, -0.1) is 0 Å². The molecule has 3 fully saturated rings. The fourth-order valence-electron chi connectivity index (χ4n) is 9.19. The second-order valence-corrected chi connectivity index (χ2v) is 10.7. The van der Waals surface area contributed by atoms with Crippen LogP contribution in [-0.4, -0.2) is 61.7 Å². The van der Waals surface area contributed by atoms with Gasteiger partial charge in [-0.25, -0.2) is 0 Å². The van der Waals surface area contributed by atoms with E-state index in [1.54, 1.807) is 7.11 Å². The van der Waals surface area contributed by atoms with Crippen molar-refractivity contribution < 1.29 is 19.3 Å². The Labute approximate surface area is 178 Å². The van der Waals surface area contributed by atoms with Gasteiger partial charge in [0.05, 0.1) is 18.6 Å². The number of hydrogen-bond donors (Lipinski definition) is 1. The maximum absolute atomic E-state index is 11.4. The highest BCUT2D eigenvalue weighted by molar-refractivity contribution is 5.66. The van der Waals surface area contributed by atoms with Crippen molar-refractivity contribution in [2.45, 2.75) is 67.8 Å². The van der Waals surface area contributed by atoms with Crippen molar-refractivity contribution in [3.05, 3.63) is 35.4 Å². The smallest absolute Gasteiger partial charge is 0.166 e. The van der Waals surface area contributed by atoms with E-state index in [1.165, 1.54) is 11.1 Å². The zero-order valence-electron chi connectivity index (χ0n) is 18.1. The van der Waals surface area contributed by atoms with Crippen molar-refractivity contribution in [2.75, 3.05) is 27.8 Å². The van der Waals surface area contributed by atoms with Gasteiger partial charge in [-0.05, 0) is 57.3 Å². The van der Waals surface area contributed by atoms with Gasteiger partial charge in [-0.2, -0.15) is 0 Å². The molecular weight excluding hydrogens is 378 g/mol. The largest absolute Gasteiger partial charge is 0.493 e. The molecule has 0 radical (unpaired) electrons. The van der Waals surface area contributed by atoms with Crippen LogP contribution in [0, 0.1) is 10.8 Å². The molecule has 5 nitrogen and oxygen atoms in total. The van der Waals surface area contributed by atoms with Crippen molar-refractivity contribution in [3.63, 3.8) is 0 Å². The lowest BCUT2D eigenvalue weighted by Crippen LogP contribution is -2.82. The van der Waals surface area contributed by atoms with E-state index in [0.717, 1.165) is 56.6 Å². The highest BCUT2D eigenvalue weighted by atomic mass is 16.6. The molecule has 0 unspecified atom stereocenters. The van der Waals surface area contributed by atoms with Gasteiger partial charge in [0.2, 0.25) is 0 Å². The zero-order chi connectivity index (χ0) is 20.5. The monoisotopic (exact) mass is 409 g/mol. The molecule has 1 saturated heterocycles. The SMILES string of the molecule is COc1ccc2c3c1O[C@@H]1[C@@]4(OC)C=C[C@@]5(C[C@@]46CCC[C@@H]6O)[C@@H](C2)N(C)CC[C@]315. The van der Waals surface area contributed by atoms with Crippen LogP contribution in [-0.2, 0) is 16.6 Å². The Morgan fingerprint density at radius 3 is 2.80 bits per heavy atom. The number of methoxy groups -OCH3 is 2. The fraction of sp³-hybridized carbons (Fsp3) is 0.680. The van der Waals surface area contributed by atoms with Crippen LogP contribution in [0.5, 0.6) is 11.5 Å². The standard InChI is InChI=1S/C25H31NO4/c1-26-12-11-24-19-15-6-7-16(28-2)20(19)30-21(24)25(29-3)10-9-22(24,17(26)13-15)14-23(25)8-4-5-18(23)27/h6-7,9-10,17-18,21,27H,4-5,8,11-14H2,1-3H3/t17-,18+,21+,22-,23-,24+,25+/m1/s1. The van der Waals surface area contributed by atoms with E-state index in [4.69, 9.17) is 14.2 Å². The van der Waals surface area contributed by atoms with Crippen molar-refractivity contribution >= 4 is 0 Å². The van der Waals surface area contributed by atoms with Crippen LogP contribution < -0.4 is 9.47 Å². The Hall–Kier alpha value is -1.56. The number of aliphatic hydroxyl groups is 1. The topological polar surface area (TPSA) is 51.2 Å². The lowest BCUT2D eigenvalue weighted by atomic mass is 9.33. The van der Waals surface area contributed by atoms with Gasteiger partial charge in [0.15, 0.2) is 11.5 Å². The number of likely N-dealkylation sites (tertiary alicyclic amines) is 1. The van der Waals surface area contributed by atoms with E-state index in [9.17, 15) is 5.11 Å². The summed E-state index contributed by atoms with van der Waals surface area (Å²) in [5.41, 5.74) is 1.74. The van der Waals surface area contributed by atoms with E-state index in [0.29, 0.717) is 6.04 Å². The lowest BCUT2D eigenvalue weighted by Gasteiger charge is -2.74. The van der Waals surface area contributed by atoms with Crippen LogP contribution in [0.1, 0.15) is 43.2 Å². The molecule has 7 atom stereocenters. The van der Waals surface area contributed by atoms with E-state index in [-0.39, 0.29) is 28.5 Å². The maximum Gasteiger partial charge on any atom is 0.166 e. The van der Waals surface area contributed by atoms with E-state index in [1.807, 2.05) is 7.11 Å². The quantitative estimate of drug-likeness (QED) is 0.762. The number of hydrogen-bond acceptors (Lipinski definition) is 5. The number of piperidine rings is 1. The van der Waals surface area contributed by atoms with Gasteiger partial charge in [-0.3, -0.25) is 0 Å². The summed E-state index contributed by atoms with van der Waals surface area (Å²) in [5.74, 6) is 1.76. The molecule has 1 N–H and O–H groups in total. The van der Waals surface area contributed by atoms with Gasteiger partial charge in [-0.1, -0.05) is 24.6 Å². The van der Waals surface area contributed by atoms with Crippen LogP contribution in [0.3, 0.4) is 0 Å². The van der Waals surface area contributed by atoms with Crippen molar-refractivity contribution in [3.8, 4) is 11.5 Å². The van der Waals surface area contributed by atoms with Gasteiger partial charge in [0, 0.05) is 29.5 Å². The molecule has 0 aromatic heterocycles. The summed E-state index contributed by atoms with van der Waals surface area (Å²) in [6, 6.07) is 4.75. The molecule has 0 amide bonds. The van der Waals surface area contributed by atoms with Crippen LogP contribution in [0.2, 0.25) is 0 Å². The summed E-state index contributed by atoms with van der Waals surface area (Å²) in [5, 5.41) is 11.4. The van der Waals surface area contributed by atoms with Gasteiger partial charge in [0.25, 0.3) is 0 Å². The number of likely N-dealkylation sites (N-methyl/N-ethyl adjacent to an activating group) is 1. The van der Waals surface area contributed by atoms with E-state index >= 15 is 0 Å². The van der Waals surface area contributed by atoms with Crippen LogP contribution in [0.15, 0.2) is 24.3 Å². The van der Waals surface area contributed by atoms with Crippen molar-refractivity contribution in [1.82, 2.24) is 4.90 Å². The van der Waals surface area contributed by atoms with Gasteiger partial charge < -0.3 is 24.2 Å². The molecule has 160 valence electrons. The number of aliphatic hydroxyl groups excluding tert-OH is 1. The highest BCUT2D eigenvalue weighted by Gasteiger charge is 2.83. The first-order valence-electron chi connectivity index (χ1n) is 11.5. The predicted octanol–water partition coefficient (Wildman–Crippen LogP) is 2.83. The fourth-order valence-corrected chi connectivity index (χ4v) is 9.19. The first kappa shape index (κ1) is 18.1. The molecular formula is C25H31NO4. The minimum Gasteiger partial charge on any atom is -0.493 e. The molecule has 2 heterocycles. The predicted molar refractivity (Wildman–Crippen MR) is 112 cm³/mol. The number of benzene rings is 1. The normalized spacial score (nSPS) is 49.4. The molecule has 3 spiro atoms. The maximum atomic E-state index is 11.4. The molecule has 7 aliphatic rings. The van der Waals surface area contributed by atoms with Crippen LogP contribution in [0.25, 0.3) is 0 Å². The number of nitrogens with zero attached hydrogens (tertiary/aromatic N) is 1. The molecule has 1 aromatic rings. The van der Waals surface area contributed by atoms with Gasteiger partial charge in [0.1, 0.15) is 11.7 Å². The third-order valence-electron chi connectivity index (χ3n) is 10.3. The Bertz CT molecular complexity index is 992.